The van der Waals surface area contributed by atoms with Crippen molar-refractivity contribution in [3.05, 3.63) is 80.8 Å². The number of hydrogen-bond donors (Lipinski definition) is 2. The van der Waals surface area contributed by atoms with Crippen LogP contribution >= 0.6 is 34.5 Å². The Morgan fingerprint density at radius 1 is 1.23 bits per heavy atom. The fourth-order valence-electron chi connectivity index (χ4n) is 4.73. The highest BCUT2D eigenvalue weighted by Crippen LogP contribution is 2.36. The van der Waals surface area contributed by atoms with E-state index in [-0.39, 0.29) is 47.2 Å². The summed E-state index contributed by atoms with van der Waals surface area (Å²) in [7, 11) is 1.58. The fraction of sp³-hybridized carbons (Fsp3) is 0.286. The number of ether oxygens (including phenoxy) is 1. The first-order valence-corrected chi connectivity index (χ1v) is 14.1. The van der Waals surface area contributed by atoms with E-state index in [1.807, 2.05) is 24.3 Å². The molecule has 9 nitrogen and oxygen atoms in total. The van der Waals surface area contributed by atoms with Crippen LogP contribution in [0.1, 0.15) is 46.5 Å². The number of amides is 2. The maximum absolute atomic E-state index is 13.4. The Morgan fingerprint density at radius 3 is 2.80 bits per heavy atom. The molecule has 1 aliphatic heterocycles. The highest BCUT2D eigenvalue weighted by atomic mass is 35.5. The average molecular weight is 602 g/mol. The lowest BCUT2D eigenvalue weighted by molar-refractivity contribution is -0.137. The van der Waals surface area contributed by atoms with Crippen LogP contribution in [0.2, 0.25) is 10.0 Å². The molecule has 1 aliphatic rings. The molecule has 0 radical (unpaired) electrons. The summed E-state index contributed by atoms with van der Waals surface area (Å²) in [5.41, 5.74) is 1.39. The molecule has 2 N–H and O–H groups in total. The number of thiophene rings is 1. The summed E-state index contributed by atoms with van der Waals surface area (Å²) in [6.07, 6.45) is 1.84. The molecule has 0 aliphatic carbocycles. The number of likely N-dealkylation sites (tertiary alicyclic amines) is 1. The van der Waals surface area contributed by atoms with Crippen molar-refractivity contribution in [2.45, 2.75) is 37.8 Å². The number of nitrogens with one attached hydrogen (secondary N) is 1. The smallest absolute Gasteiger partial charge is 0.303 e. The molecule has 1 saturated heterocycles. The third kappa shape index (κ3) is 6.00. The van der Waals surface area contributed by atoms with E-state index in [1.54, 1.807) is 29.5 Å². The number of rotatable bonds is 9. The minimum atomic E-state index is -0.934. The van der Waals surface area contributed by atoms with Gasteiger partial charge in [-0.25, -0.2) is 4.98 Å². The van der Waals surface area contributed by atoms with Gasteiger partial charge < -0.3 is 24.5 Å². The first kappa shape index (κ1) is 28.1. The lowest BCUT2D eigenvalue weighted by Gasteiger charge is -2.22. The summed E-state index contributed by atoms with van der Waals surface area (Å²) in [6, 6.07) is 10.3. The maximum Gasteiger partial charge on any atom is 0.303 e. The summed E-state index contributed by atoms with van der Waals surface area (Å²) in [5.74, 6) is -0.700. The molecule has 2 aromatic heterocycles. The molecular formula is C28H25Cl2N3O6S. The van der Waals surface area contributed by atoms with E-state index in [2.05, 4.69) is 10.3 Å². The number of methoxy groups -OCH3 is 1. The molecule has 0 spiro atoms. The molecule has 40 heavy (non-hydrogen) atoms. The van der Waals surface area contributed by atoms with Crippen molar-refractivity contribution < 1.29 is 28.6 Å². The number of fused-ring (bicyclic) bond motifs is 1. The molecule has 2 aromatic carbocycles. The number of aromatic nitrogens is 1. The molecule has 2 amide bonds. The first-order chi connectivity index (χ1) is 19.2. The molecule has 1 fully saturated rings. The van der Waals surface area contributed by atoms with Crippen molar-refractivity contribution in [2.75, 3.05) is 19.0 Å². The Kier molecular flexibility index (Phi) is 8.41. The predicted molar refractivity (Wildman–Crippen MR) is 152 cm³/mol. The quantitative estimate of drug-likeness (QED) is 0.241. The van der Waals surface area contributed by atoms with E-state index >= 15 is 0 Å². The van der Waals surface area contributed by atoms with Gasteiger partial charge in [-0.15, -0.1) is 11.3 Å². The number of anilines is 1. The zero-order valence-corrected chi connectivity index (χ0v) is 23.7. The van der Waals surface area contributed by atoms with Gasteiger partial charge in [-0.05, 0) is 23.8 Å². The van der Waals surface area contributed by atoms with Gasteiger partial charge in [0.05, 0.1) is 41.4 Å². The number of oxazole rings is 1. The Bertz CT molecular complexity index is 1590. The lowest BCUT2D eigenvalue weighted by Crippen LogP contribution is -2.33. The van der Waals surface area contributed by atoms with Gasteiger partial charge in [-0.2, -0.15) is 0 Å². The van der Waals surface area contributed by atoms with Gasteiger partial charge in [0.15, 0.2) is 0 Å². The second-order valence-electron chi connectivity index (χ2n) is 9.41. The average Bonchev–Trinajstić information content (AvgIpc) is 3.68. The van der Waals surface area contributed by atoms with E-state index in [1.165, 1.54) is 17.5 Å². The molecule has 0 unspecified atom stereocenters. The van der Waals surface area contributed by atoms with Crippen LogP contribution < -0.4 is 5.32 Å². The third-order valence-corrected chi connectivity index (χ3v) is 8.44. The van der Waals surface area contributed by atoms with Crippen molar-refractivity contribution in [1.29, 1.82) is 0 Å². The lowest BCUT2D eigenvalue weighted by atomic mass is 10.1. The van der Waals surface area contributed by atoms with Crippen molar-refractivity contribution in [3.8, 4) is 0 Å². The van der Waals surface area contributed by atoms with Gasteiger partial charge in [0.25, 0.3) is 5.91 Å². The minimum absolute atomic E-state index is 0.0402. The largest absolute Gasteiger partial charge is 0.481 e. The van der Waals surface area contributed by atoms with Crippen LogP contribution in [-0.4, -0.2) is 52.5 Å². The van der Waals surface area contributed by atoms with E-state index in [0.717, 1.165) is 10.1 Å². The molecule has 12 heteroatoms. The Hall–Kier alpha value is -3.44. The molecule has 4 aromatic rings. The van der Waals surface area contributed by atoms with Crippen LogP contribution in [-0.2, 0) is 27.2 Å². The zero-order chi connectivity index (χ0) is 28.4. The SMILES string of the molecule is CO[C@H]1C[C@@H](c2ncc(CCC(=O)O)o2)N(C(=O)Cc2cc(Cl)c(NC(=O)c3csc4ccccc34)cc2Cl)C1. The van der Waals surface area contributed by atoms with Gasteiger partial charge in [0.2, 0.25) is 11.8 Å². The molecule has 5 rings (SSSR count). The topological polar surface area (TPSA) is 122 Å². The predicted octanol–water partition coefficient (Wildman–Crippen LogP) is 6.00. The summed E-state index contributed by atoms with van der Waals surface area (Å²) >= 11 is 14.5. The maximum atomic E-state index is 13.4. The van der Waals surface area contributed by atoms with E-state index in [0.29, 0.717) is 41.4 Å². The number of carbonyl (C=O) groups excluding carboxylic acids is 2. The monoisotopic (exact) mass is 601 g/mol. The summed E-state index contributed by atoms with van der Waals surface area (Å²) < 4.78 is 12.3. The number of aryl methyl sites for hydroxylation is 1. The third-order valence-electron chi connectivity index (χ3n) is 6.81. The second-order valence-corrected chi connectivity index (χ2v) is 11.1. The minimum Gasteiger partial charge on any atom is -0.481 e. The van der Waals surface area contributed by atoms with Crippen LogP contribution in [0.25, 0.3) is 10.1 Å². The first-order valence-electron chi connectivity index (χ1n) is 12.5. The highest BCUT2D eigenvalue weighted by molar-refractivity contribution is 7.17. The van der Waals surface area contributed by atoms with Gasteiger partial charge in [-0.3, -0.25) is 14.4 Å². The number of nitrogens with zero attached hydrogens (tertiary/aromatic N) is 2. The van der Waals surface area contributed by atoms with Crippen LogP contribution in [0, 0.1) is 0 Å². The molecular weight excluding hydrogens is 577 g/mol. The standard InChI is InChI=1S/C28H25Cl2N3O6S/c1-38-17-10-23(28-31-12-16(39-28)6-7-26(35)36)33(13-17)25(34)9-15-8-21(30)22(11-20(15)29)32-27(37)19-14-40-24-5-3-2-4-18(19)24/h2-5,8,11-12,14,17,23H,6-7,9-10,13H2,1H3,(H,32,37)(H,35,36)/t17-,23-/m0/s1. The molecule has 0 bridgehead atoms. The normalized spacial score (nSPS) is 16.9. The summed E-state index contributed by atoms with van der Waals surface area (Å²) in [5, 5.41) is 14.9. The van der Waals surface area contributed by atoms with E-state index in [4.69, 9.17) is 37.5 Å². The van der Waals surface area contributed by atoms with Crippen LogP contribution in [0.4, 0.5) is 5.69 Å². The molecule has 3 heterocycles. The van der Waals surface area contributed by atoms with Crippen LogP contribution in [0.5, 0.6) is 0 Å². The van der Waals surface area contributed by atoms with Gasteiger partial charge >= 0.3 is 5.97 Å². The molecule has 2 atom stereocenters. The Balaban J connectivity index is 1.30. The summed E-state index contributed by atoms with van der Waals surface area (Å²) in [6.45, 7) is 0.334. The van der Waals surface area contributed by atoms with Gasteiger partial charge in [-0.1, -0.05) is 41.4 Å². The molecule has 0 saturated carbocycles. The second kappa shape index (κ2) is 12.0. The van der Waals surface area contributed by atoms with Crippen molar-refractivity contribution in [2.24, 2.45) is 0 Å². The van der Waals surface area contributed by atoms with E-state index in [9.17, 15) is 14.4 Å². The number of hydrogen-bond acceptors (Lipinski definition) is 7. The zero-order valence-electron chi connectivity index (χ0n) is 21.4. The Labute approximate surface area is 243 Å². The number of carbonyl (C=O) groups is 3. The summed E-state index contributed by atoms with van der Waals surface area (Å²) in [4.78, 5) is 43.2. The van der Waals surface area contributed by atoms with Crippen molar-refractivity contribution in [3.63, 3.8) is 0 Å². The fourth-order valence-corrected chi connectivity index (χ4v) is 6.13. The van der Waals surface area contributed by atoms with Crippen molar-refractivity contribution in [1.82, 2.24) is 9.88 Å². The number of halogens is 2. The van der Waals surface area contributed by atoms with E-state index < -0.39 is 12.0 Å². The number of carboxylic acids is 1. The Morgan fingerprint density at radius 2 is 2.02 bits per heavy atom. The highest BCUT2D eigenvalue weighted by Gasteiger charge is 2.39. The number of carboxylic acid groups (broad SMARTS) is 1. The van der Waals surface area contributed by atoms with Gasteiger partial charge in [0.1, 0.15) is 11.8 Å². The number of benzene rings is 2. The van der Waals surface area contributed by atoms with Gasteiger partial charge in [0, 0.05) is 47.0 Å². The van der Waals surface area contributed by atoms with Crippen molar-refractivity contribution >= 4 is 68.1 Å². The number of aliphatic carboxylic acids is 1. The van der Waals surface area contributed by atoms with Crippen LogP contribution in [0.15, 0.2) is 52.4 Å². The molecule has 208 valence electrons. The van der Waals surface area contributed by atoms with Crippen LogP contribution in [0.3, 0.4) is 0 Å².